The third-order valence-corrected chi connectivity index (χ3v) is 4.45. The summed E-state index contributed by atoms with van der Waals surface area (Å²) in [5, 5.41) is 12.1. The molecule has 1 saturated heterocycles. The van der Waals surface area contributed by atoms with Crippen LogP contribution in [-0.4, -0.2) is 48.2 Å². The fourth-order valence-corrected chi connectivity index (χ4v) is 2.46. The normalized spacial score (nSPS) is 25.1. The second-order valence-corrected chi connectivity index (χ2v) is 6.79. The number of likely N-dealkylation sites (tertiary alicyclic amines) is 1. The molecule has 0 amide bonds. The summed E-state index contributed by atoms with van der Waals surface area (Å²) in [5.41, 5.74) is -0.451. The van der Waals surface area contributed by atoms with Crippen LogP contribution in [0.1, 0.15) is 40.5 Å². The number of carbonyl (C=O) groups is 1. The van der Waals surface area contributed by atoms with Crippen LogP contribution in [-0.2, 0) is 4.79 Å². The zero-order valence-corrected chi connectivity index (χ0v) is 12.4. The third-order valence-electron chi connectivity index (χ3n) is 4.45. The molecule has 4 heteroatoms. The topological polar surface area (TPSA) is 52.6 Å². The summed E-state index contributed by atoms with van der Waals surface area (Å²) in [6.07, 6.45) is 1.88. The lowest BCUT2D eigenvalue weighted by Crippen LogP contribution is -2.49. The molecule has 0 bridgehead atoms. The number of carboxylic acids is 1. The molecule has 1 heterocycles. The first-order valence-corrected chi connectivity index (χ1v) is 6.84. The van der Waals surface area contributed by atoms with Gasteiger partial charge in [0.1, 0.15) is 5.54 Å². The highest BCUT2D eigenvalue weighted by Crippen LogP contribution is 2.33. The van der Waals surface area contributed by atoms with Crippen molar-refractivity contribution in [1.29, 1.82) is 0 Å². The summed E-state index contributed by atoms with van der Waals surface area (Å²) in [6.45, 7) is 11.7. The SMILES string of the molecule is CNC(C)(CCN1CCC(C(C)(C)C)C1)C(=O)O. The molecule has 2 unspecified atom stereocenters. The molecule has 0 spiro atoms. The van der Waals surface area contributed by atoms with Gasteiger partial charge in [-0.1, -0.05) is 20.8 Å². The van der Waals surface area contributed by atoms with E-state index in [4.69, 9.17) is 0 Å². The molecule has 1 fully saturated rings. The molecule has 18 heavy (non-hydrogen) atoms. The Morgan fingerprint density at radius 1 is 1.39 bits per heavy atom. The second kappa shape index (κ2) is 5.57. The molecular weight excluding hydrogens is 228 g/mol. The third kappa shape index (κ3) is 3.69. The summed E-state index contributed by atoms with van der Waals surface area (Å²) in [7, 11) is 1.72. The number of carboxylic acid groups (broad SMARTS) is 1. The maximum atomic E-state index is 11.2. The molecular formula is C14H28N2O2. The van der Waals surface area contributed by atoms with Gasteiger partial charge in [-0.2, -0.15) is 0 Å². The number of hydrogen-bond acceptors (Lipinski definition) is 3. The first-order chi connectivity index (χ1) is 8.19. The average molecular weight is 256 g/mol. The van der Waals surface area contributed by atoms with E-state index in [1.165, 1.54) is 6.42 Å². The first kappa shape index (κ1) is 15.4. The van der Waals surface area contributed by atoms with E-state index in [0.717, 1.165) is 25.6 Å². The van der Waals surface area contributed by atoms with Crippen molar-refractivity contribution < 1.29 is 9.90 Å². The fraction of sp³-hybridized carbons (Fsp3) is 0.929. The zero-order chi connectivity index (χ0) is 14.0. The Kier molecular flexibility index (Phi) is 4.78. The Hall–Kier alpha value is -0.610. The molecule has 106 valence electrons. The summed E-state index contributed by atoms with van der Waals surface area (Å²) in [5.74, 6) is -0.0419. The smallest absolute Gasteiger partial charge is 0.323 e. The maximum Gasteiger partial charge on any atom is 0.323 e. The number of nitrogens with zero attached hydrogens (tertiary/aromatic N) is 1. The first-order valence-electron chi connectivity index (χ1n) is 6.84. The van der Waals surface area contributed by atoms with Gasteiger partial charge < -0.3 is 15.3 Å². The summed E-state index contributed by atoms with van der Waals surface area (Å²) in [4.78, 5) is 13.6. The van der Waals surface area contributed by atoms with Crippen LogP contribution in [0.25, 0.3) is 0 Å². The number of nitrogens with one attached hydrogen (secondary N) is 1. The van der Waals surface area contributed by atoms with E-state index in [9.17, 15) is 9.90 Å². The number of likely N-dealkylation sites (N-methyl/N-ethyl adjacent to an activating group) is 1. The van der Waals surface area contributed by atoms with Crippen molar-refractivity contribution in [1.82, 2.24) is 10.2 Å². The Balaban J connectivity index is 2.45. The molecule has 0 saturated carbocycles. The van der Waals surface area contributed by atoms with E-state index in [1.807, 2.05) is 0 Å². The lowest BCUT2D eigenvalue weighted by molar-refractivity contribution is -0.144. The minimum atomic E-state index is -0.806. The van der Waals surface area contributed by atoms with Crippen LogP contribution in [0.15, 0.2) is 0 Å². The van der Waals surface area contributed by atoms with Crippen LogP contribution < -0.4 is 5.32 Å². The minimum Gasteiger partial charge on any atom is -0.480 e. The lowest BCUT2D eigenvalue weighted by Gasteiger charge is -2.29. The van der Waals surface area contributed by atoms with Crippen molar-refractivity contribution >= 4 is 5.97 Å². The highest BCUT2D eigenvalue weighted by molar-refractivity contribution is 5.78. The number of hydrogen-bond donors (Lipinski definition) is 2. The van der Waals surface area contributed by atoms with Crippen molar-refractivity contribution in [3.8, 4) is 0 Å². The van der Waals surface area contributed by atoms with Crippen molar-refractivity contribution in [2.45, 2.75) is 46.1 Å². The molecule has 0 aromatic carbocycles. The molecule has 2 atom stereocenters. The standard InChI is InChI=1S/C14H28N2O2/c1-13(2,3)11-6-8-16(10-11)9-7-14(4,15-5)12(17)18/h11,15H,6-10H2,1-5H3,(H,17,18). The van der Waals surface area contributed by atoms with E-state index in [1.54, 1.807) is 14.0 Å². The van der Waals surface area contributed by atoms with Crippen molar-refractivity contribution in [3.63, 3.8) is 0 Å². The van der Waals surface area contributed by atoms with Crippen LogP contribution >= 0.6 is 0 Å². The van der Waals surface area contributed by atoms with Gasteiger partial charge in [-0.3, -0.25) is 4.79 Å². The maximum absolute atomic E-state index is 11.2. The van der Waals surface area contributed by atoms with Gasteiger partial charge in [-0.25, -0.2) is 0 Å². The summed E-state index contributed by atoms with van der Waals surface area (Å²) >= 11 is 0. The molecule has 1 aliphatic heterocycles. The lowest BCUT2D eigenvalue weighted by atomic mass is 9.80. The molecule has 0 radical (unpaired) electrons. The Morgan fingerprint density at radius 2 is 2.00 bits per heavy atom. The molecule has 1 aliphatic rings. The van der Waals surface area contributed by atoms with Crippen LogP contribution in [0.2, 0.25) is 0 Å². The highest BCUT2D eigenvalue weighted by atomic mass is 16.4. The predicted molar refractivity (Wildman–Crippen MR) is 73.7 cm³/mol. The quantitative estimate of drug-likeness (QED) is 0.787. The molecule has 2 N–H and O–H groups in total. The van der Waals surface area contributed by atoms with Gasteiger partial charge in [0.05, 0.1) is 0 Å². The Bertz CT molecular complexity index is 299. The largest absolute Gasteiger partial charge is 0.480 e. The number of rotatable bonds is 5. The molecule has 1 rings (SSSR count). The van der Waals surface area contributed by atoms with Crippen LogP contribution in [0, 0.1) is 11.3 Å². The number of aliphatic carboxylic acids is 1. The van der Waals surface area contributed by atoms with Gasteiger partial charge in [0.25, 0.3) is 0 Å². The van der Waals surface area contributed by atoms with Gasteiger partial charge >= 0.3 is 5.97 Å². The summed E-state index contributed by atoms with van der Waals surface area (Å²) < 4.78 is 0. The molecule has 4 nitrogen and oxygen atoms in total. The zero-order valence-electron chi connectivity index (χ0n) is 12.4. The van der Waals surface area contributed by atoms with E-state index in [-0.39, 0.29) is 0 Å². The van der Waals surface area contributed by atoms with Crippen molar-refractivity contribution in [2.75, 3.05) is 26.7 Å². The van der Waals surface area contributed by atoms with Crippen LogP contribution in [0.3, 0.4) is 0 Å². The fourth-order valence-electron chi connectivity index (χ4n) is 2.46. The van der Waals surface area contributed by atoms with Gasteiger partial charge in [-0.15, -0.1) is 0 Å². The molecule has 0 aliphatic carbocycles. The van der Waals surface area contributed by atoms with E-state index < -0.39 is 11.5 Å². The molecule has 0 aromatic heterocycles. The van der Waals surface area contributed by atoms with Crippen molar-refractivity contribution in [3.05, 3.63) is 0 Å². The van der Waals surface area contributed by atoms with Gasteiger partial charge in [0.2, 0.25) is 0 Å². The predicted octanol–water partition coefficient (Wildman–Crippen LogP) is 1.81. The monoisotopic (exact) mass is 256 g/mol. The van der Waals surface area contributed by atoms with E-state index in [2.05, 4.69) is 31.0 Å². The van der Waals surface area contributed by atoms with Gasteiger partial charge in [0.15, 0.2) is 0 Å². The van der Waals surface area contributed by atoms with Crippen LogP contribution in [0.4, 0.5) is 0 Å². The Morgan fingerprint density at radius 3 is 2.39 bits per heavy atom. The van der Waals surface area contributed by atoms with E-state index in [0.29, 0.717) is 11.8 Å². The molecule has 0 aromatic rings. The summed E-state index contributed by atoms with van der Waals surface area (Å²) in [6, 6.07) is 0. The van der Waals surface area contributed by atoms with Gasteiger partial charge in [-0.05, 0) is 44.7 Å². The van der Waals surface area contributed by atoms with E-state index >= 15 is 0 Å². The minimum absolute atomic E-state index is 0.355. The average Bonchev–Trinajstić information content (AvgIpc) is 2.73. The highest BCUT2D eigenvalue weighted by Gasteiger charge is 2.35. The second-order valence-electron chi connectivity index (χ2n) is 6.79. The van der Waals surface area contributed by atoms with Crippen molar-refractivity contribution in [2.24, 2.45) is 11.3 Å². The Labute approximate surface area is 111 Å². The van der Waals surface area contributed by atoms with Crippen LogP contribution in [0.5, 0.6) is 0 Å². The van der Waals surface area contributed by atoms with Gasteiger partial charge in [0, 0.05) is 13.1 Å².